The van der Waals surface area contributed by atoms with Crippen molar-refractivity contribution in [1.29, 1.82) is 0 Å². The maximum absolute atomic E-state index is 13.9. The molecule has 1 heterocycles. The largest absolute Gasteiger partial charge is 0.394 e. The maximum Gasteiger partial charge on any atom is 0.146 e. The molecule has 1 aliphatic rings. The molecule has 3 N–H and O–H groups in total. The normalized spacial score (nSPS) is 18.2. The van der Waals surface area contributed by atoms with E-state index in [4.69, 9.17) is 15.6 Å². The lowest BCUT2D eigenvalue weighted by molar-refractivity contribution is 0.122. The highest BCUT2D eigenvalue weighted by atomic mass is 19.1. The van der Waals surface area contributed by atoms with Crippen molar-refractivity contribution < 1.29 is 14.2 Å². The first-order valence-electron chi connectivity index (χ1n) is 5.71. The second kappa shape index (κ2) is 5.44. The molecule has 0 unspecified atom stereocenters. The average Bonchev–Trinajstić information content (AvgIpc) is 2.38. The van der Waals surface area contributed by atoms with Crippen molar-refractivity contribution in [3.05, 3.63) is 29.6 Å². The van der Waals surface area contributed by atoms with Crippen LogP contribution < -0.4 is 10.6 Å². The lowest BCUT2D eigenvalue weighted by Gasteiger charge is -2.31. The first kappa shape index (κ1) is 12.3. The zero-order chi connectivity index (χ0) is 12.3. The first-order valence-corrected chi connectivity index (χ1v) is 5.71. The quantitative estimate of drug-likeness (QED) is 0.814. The molecule has 4 nitrogen and oxygen atoms in total. The van der Waals surface area contributed by atoms with Gasteiger partial charge in [-0.15, -0.1) is 0 Å². The Hall–Kier alpha value is -1.17. The summed E-state index contributed by atoms with van der Waals surface area (Å²) >= 11 is 0. The SMILES string of the molecule is N[C@H](CO)c1cccc(F)c1N1CCOCC1. The summed E-state index contributed by atoms with van der Waals surface area (Å²) in [5.41, 5.74) is 6.94. The fourth-order valence-corrected chi connectivity index (χ4v) is 2.05. The van der Waals surface area contributed by atoms with Crippen LogP contribution in [0.4, 0.5) is 10.1 Å². The van der Waals surface area contributed by atoms with Crippen LogP contribution in [0.1, 0.15) is 11.6 Å². The van der Waals surface area contributed by atoms with Crippen molar-refractivity contribution in [2.24, 2.45) is 5.73 Å². The van der Waals surface area contributed by atoms with Crippen molar-refractivity contribution in [3.63, 3.8) is 0 Å². The number of nitrogens with zero attached hydrogens (tertiary/aromatic N) is 1. The van der Waals surface area contributed by atoms with Gasteiger partial charge in [0.1, 0.15) is 5.82 Å². The standard InChI is InChI=1S/C12H17FN2O2/c13-10-3-1-2-9(11(14)8-16)12(10)15-4-6-17-7-5-15/h1-3,11,16H,4-8,14H2/t11-/m1/s1. The van der Waals surface area contributed by atoms with E-state index in [2.05, 4.69) is 0 Å². The van der Waals surface area contributed by atoms with Gasteiger partial charge in [0.05, 0.1) is 31.5 Å². The van der Waals surface area contributed by atoms with Crippen LogP contribution in [0.2, 0.25) is 0 Å². The third kappa shape index (κ3) is 2.57. The highest BCUT2D eigenvalue weighted by Gasteiger charge is 2.21. The van der Waals surface area contributed by atoms with Crippen molar-refractivity contribution in [3.8, 4) is 0 Å². The number of ether oxygens (including phenoxy) is 1. The van der Waals surface area contributed by atoms with Gasteiger partial charge in [0.25, 0.3) is 0 Å². The van der Waals surface area contributed by atoms with Gasteiger partial charge in [-0.05, 0) is 11.6 Å². The van der Waals surface area contributed by atoms with Crippen molar-refractivity contribution >= 4 is 5.69 Å². The molecule has 94 valence electrons. The van der Waals surface area contributed by atoms with E-state index < -0.39 is 6.04 Å². The molecule has 0 saturated carbocycles. The minimum atomic E-state index is -0.552. The van der Waals surface area contributed by atoms with Crippen LogP contribution in [0, 0.1) is 5.82 Å². The molecule has 1 fully saturated rings. The Morgan fingerprint density at radius 3 is 2.76 bits per heavy atom. The van der Waals surface area contributed by atoms with E-state index in [1.807, 2.05) is 4.90 Å². The molecular weight excluding hydrogens is 223 g/mol. The molecular formula is C12H17FN2O2. The highest BCUT2D eigenvalue weighted by Crippen LogP contribution is 2.28. The van der Waals surface area contributed by atoms with Crippen LogP contribution in [0.5, 0.6) is 0 Å². The van der Waals surface area contributed by atoms with Gasteiger partial charge in [-0.2, -0.15) is 0 Å². The fourth-order valence-electron chi connectivity index (χ4n) is 2.05. The molecule has 1 atom stereocenters. The molecule has 5 heteroatoms. The van der Waals surface area contributed by atoms with Gasteiger partial charge in [-0.3, -0.25) is 0 Å². The molecule has 0 radical (unpaired) electrons. The van der Waals surface area contributed by atoms with Crippen LogP contribution in [0.15, 0.2) is 18.2 Å². The second-order valence-corrected chi connectivity index (χ2v) is 4.07. The lowest BCUT2D eigenvalue weighted by atomic mass is 10.0. The van der Waals surface area contributed by atoms with Gasteiger partial charge in [-0.1, -0.05) is 12.1 Å². The number of benzene rings is 1. The molecule has 1 aromatic rings. The average molecular weight is 240 g/mol. The molecule has 1 aliphatic heterocycles. The Labute approximate surface area is 99.8 Å². The van der Waals surface area contributed by atoms with E-state index in [0.717, 1.165) is 0 Å². The number of para-hydroxylation sites is 1. The Balaban J connectivity index is 2.35. The van der Waals surface area contributed by atoms with E-state index in [9.17, 15) is 4.39 Å². The van der Waals surface area contributed by atoms with Gasteiger partial charge >= 0.3 is 0 Å². The van der Waals surface area contributed by atoms with Crippen LogP contribution in [-0.4, -0.2) is 38.0 Å². The molecule has 0 aliphatic carbocycles. The smallest absolute Gasteiger partial charge is 0.146 e. The molecule has 17 heavy (non-hydrogen) atoms. The molecule has 1 aromatic carbocycles. The predicted molar refractivity (Wildman–Crippen MR) is 63.4 cm³/mol. The first-order chi connectivity index (χ1) is 8.24. The molecule has 0 amide bonds. The van der Waals surface area contributed by atoms with Gasteiger partial charge in [-0.25, -0.2) is 4.39 Å². The molecule has 2 rings (SSSR count). The second-order valence-electron chi connectivity index (χ2n) is 4.07. The van der Waals surface area contributed by atoms with E-state index in [0.29, 0.717) is 37.6 Å². The summed E-state index contributed by atoms with van der Waals surface area (Å²) in [6.45, 7) is 2.27. The number of aliphatic hydroxyl groups excluding tert-OH is 1. The zero-order valence-electron chi connectivity index (χ0n) is 9.60. The van der Waals surface area contributed by atoms with Crippen LogP contribution >= 0.6 is 0 Å². The van der Waals surface area contributed by atoms with E-state index in [1.165, 1.54) is 6.07 Å². The number of rotatable bonds is 3. The van der Waals surface area contributed by atoms with Gasteiger partial charge in [0.15, 0.2) is 0 Å². The third-order valence-electron chi connectivity index (χ3n) is 2.94. The monoisotopic (exact) mass is 240 g/mol. The third-order valence-corrected chi connectivity index (χ3v) is 2.94. The summed E-state index contributed by atoms with van der Waals surface area (Å²) in [6.07, 6.45) is 0. The molecule has 0 spiro atoms. The van der Waals surface area contributed by atoms with E-state index in [1.54, 1.807) is 12.1 Å². The fraction of sp³-hybridized carbons (Fsp3) is 0.500. The topological polar surface area (TPSA) is 58.7 Å². The van der Waals surface area contributed by atoms with Gasteiger partial charge < -0.3 is 20.5 Å². The van der Waals surface area contributed by atoms with E-state index >= 15 is 0 Å². The Bertz CT molecular complexity index is 381. The minimum Gasteiger partial charge on any atom is -0.394 e. The Morgan fingerprint density at radius 2 is 2.12 bits per heavy atom. The molecule has 0 aromatic heterocycles. The number of halogens is 1. The predicted octanol–water partition coefficient (Wildman–Crippen LogP) is 0.654. The highest BCUT2D eigenvalue weighted by molar-refractivity contribution is 5.56. The summed E-state index contributed by atoms with van der Waals surface area (Å²) in [7, 11) is 0. The summed E-state index contributed by atoms with van der Waals surface area (Å²) < 4.78 is 19.2. The van der Waals surface area contributed by atoms with Crippen molar-refractivity contribution in [1.82, 2.24) is 0 Å². The lowest BCUT2D eigenvalue weighted by Crippen LogP contribution is -2.38. The summed E-state index contributed by atoms with van der Waals surface area (Å²) in [5.74, 6) is -0.298. The molecule has 1 saturated heterocycles. The van der Waals surface area contributed by atoms with Gasteiger partial charge in [0, 0.05) is 13.1 Å². The number of hydrogen-bond acceptors (Lipinski definition) is 4. The minimum absolute atomic E-state index is 0.194. The number of nitrogens with two attached hydrogens (primary N) is 1. The Morgan fingerprint density at radius 1 is 1.41 bits per heavy atom. The van der Waals surface area contributed by atoms with Crippen molar-refractivity contribution in [2.45, 2.75) is 6.04 Å². The zero-order valence-corrected chi connectivity index (χ0v) is 9.60. The van der Waals surface area contributed by atoms with Crippen LogP contribution in [-0.2, 0) is 4.74 Å². The summed E-state index contributed by atoms with van der Waals surface area (Å²) in [4.78, 5) is 1.92. The number of anilines is 1. The summed E-state index contributed by atoms with van der Waals surface area (Å²) in [5, 5.41) is 9.11. The summed E-state index contributed by atoms with van der Waals surface area (Å²) in [6, 6.07) is 4.24. The molecule has 0 bridgehead atoms. The van der Waals surface area contributed by atoms with Gasteiger partial charge in [0.2, 0.25) is 0 Å². The van der Waals surface area contributed by atoms with Crippen molar-refractivity contribution in [2.75, 3.05) is 37.8 Å². The number of hydrogen-bond donors (Lipinski definition) is 2. The van der Waals surface area contributed by atoms with Crippen LogP contribution in [0.25, 0.3) is 0 Å². The number of aliphatic hydroxyl groups is 1. The number of morpholine rings is 1. The maximum atomic E-state index is 13.9. The van der Waals surface area contributed by atoms with E-state index in [-0.39, 0.29) is 12.4 Å². The van der Waals surface area contributed by atoms with Crippen LogP contribution in [0.3, 0.4) is 0 Å². The Kier molecular flexibility index (Phi) is 3.93.